The van der Waals surface area contributed by atoms with E-state index in [0.29, 0.717) is 24.2 Å². The fraction of sp³-hybridized carbons (Fsp3) is 0.417. The first-order chi connectivity index (χ1) is 8.06. The molecule has 92 valence electrons. The minimum atomic E-state index is -0.295. The van der Waals surface area contributed by atoms with E-state index in [0.717, 1.165) is 13.0 Å². The van der Waals surface area contributed by atoms with E-state index in [9.17, 15) is 9.50 Å². The minimum Gasteiger partial charge on any atom is -0.392 e. The molecule has 0 saturated carbocycles. The number of aliphatic hydroxyl groups is 1. The van der Waals surface area contributed by atoms with Crippen molar-refractivity contribution in [1.29, 1.82) is 0 Å². The Labute approximate surface area is 105 Å². The number of hydrogen-bond donors (Lipinski definition) is 2. The van der Waals surface area contributed by atoms with Gasteiger partial charge in [0.05, 0.1) is 6.10 Å². The molecular formula is C12H15FN2OS. The van der Waals surface area contributed by atoms with E-state index < -0.39 is 0 Å². The van der Waals surface area contributed by atoms with E-state index in [1.807, 2.05) is 4.90 Å². The zero-order valence-corrected chi connectivity index (χ0v) is 10.2. The van der Waals surface area contributed by atoms with Crippen LogP contribution in [0.2, 0.25) is 0 Å². The van der Waals surface area contributed by atoms with Crippen molar-refractivity contribution in [2.45, 2.75) is 19.1 Å². The van der Waals surface area contributed by atoms with Gasteiger partial charge >= 0.3 is 0 Å². The van der Waals surface area contributed by atoms with Gasteiger partial charge in [-0.1, -0.05) is 12.2 Å². The molecule has 0 spiro atoms. The summed E-state index contributed by atoms with van der Waals surface area (Å²) in [4.78, 5) is 2.29. The van der Waals surface area contributed by atoms with Crippen molar-refractivity contribution in [2.75, 3.05) is 13.1 Å². The second-order valence-electron chi connectivity index (χ2n) is 4.35. The number of rotatable bonds is 3. The van der Waals surface area contributed by atoms with Crippen molar-refractivity contribution >= 4 is 17.2 Å². The van der Waals surface area contributed by atoms with E-state index in [1.54, 1.807) is 12.1 Å². The van der Waals surface area contributed by atoms with Gasteiger partial charge < -0.3 is 10.8 Å². The molecule has 5 heteroatoms. The third kappa shape index (κ3) is 3.00. The first kappa shape index (κ1) is 12.4. The van der Waals surface area contributed by atoms with Gasteiger partial charge in [-0.15, -0.1) is 0 Å². The summed E-state index contributed by atoms with van der Waals surface area (Å²) in [6.07, 6.45) is 0.452. The third-order valence-corrected chi connectivity index (χ3v) is 3.21. The van der Waals surface area contributed by atoms with Crippen LogP contribution in [0.1, 0.15) is 17.5 Å². The molecule has 1 fully saturated rings. The van der Waals surface area contributed by atoms with Gasteiger partial charge in [0.25, 0.3) is 0 Å². The molecule has 0 bridgehead atoms. The van der Waals surface area contributed by atoms with Crippen molar-refractivity contribution in [3.63, 3.8) is 0 Å². The lowest BCUT2D eigenvalue weighted by molar-refractivity contribution is 0.174. The molecule has 0 aliphatic carbocycles. The molecule has 1 aromatic carbocycles. The maximum absolute atomic E-state index is 13.6. The number of nitrogens with two attached hydrogens (primary N) is 1. The Balaban J connectivity index is 2.14. The molecule has 1 heterocycles. The zero-order valence-electron chi connectivity index (χ0n) is 9.40. The number of likely N-dealkylation sites (tertiary alicyclic amines) is 1. The van der Waals surface area contributed by atoms with Crippen LogP contribution in [-0.4, -0.2) is 34.2 Å². The normalized spacial score (nSPS) is 20.7. The summed E-state index contributed by atoms with van der Waals surface area (Å²) >= 11 is 4.87. The van der Waals surface area contributed by atoms with Gasteiger partial charge in [-0.25, -0.2) is 4.39 Å². The monoisotopic (exact) mass is 254 g/mol. The number of β-amino-alcohol motifs (C(OH)–C–C–N with tert-alkyl or cyclic N) is 1. The van der Waals surface area contributed by atoms with Gasteiger partial charge in [-0.3, -0.25) is 4.90 Å². The van der Waals surface area contributed by atoms with Gasteiger partial charge in [0.1, 0.15) is 10.8 Å². The smallest absolute Gasteiger partial charge is 0.127 e. The summed E-state index contributed by atoms with van der Waals surface area (Å²) in [5.74, 6) is -0.258. The minimum absolute atomic E-state index is 0.258. The van der Waals surface area contributed by atoms with Gasteiger partial charge in [0.15, 0.2) is 0 Å². The van der Waals surface area contributed by atoms with Crippen molar-refractivity contribution in [2.24, 2.45) is 5.73 Å². The fourth-order valence-electron chi connectivity index (χ4n) is 2.05. The largest absolute Gasteiger partial charge is 0.392 e. The number of thiocarbonyl (C=S) groups is 1. The highest BCUT2D eigenvalue weighted by molar-refractivity contribution is 7.80. The lowest BCUT2D eigenvalue weighted by Crippen LogP contribution is -2.22. The van der Waals surface area contributed by atoms with Crippen LogP contribution in [0, 0.1) is 5.82 Å². The molecule has 0 amide bonds. The number of nitrogens with zero attached hydrogens (tertiary/aromatic N) is 1. The molecule has 3 N–H and O–H groups in total. The van der Waals surface area contributed by atoms with Crippen molar-refractivity contribution in [1.82, 2.24) is 4.90 Å². The number of halogens is 1. The van der Waals surface area contributed by atoms with Crippen LogP contribution in [0.3, 0.4) is 0 Å². The highest BCUT2D eigenvalue weighted by Crippen LogP contribution is 2.17. The van der Waals surface area contributed by atoms with E-state index in [1.165, 1.54) is 6.07 Å². The first-order valence-corrected chi connectivity index (χ1v) is 5.95. The van der Waals surface area contributed by atoms with Crippen molar-refractivity contribution < 1.29 is 9.50 Å². The quantitative estimate of drug-likeness (QED) is 0.791. The summed E-state index contributed by atoms with van der Waals surface area (Å²) < 4.78 is 13.6. The Bertz CT molecular complexity index is 439. The number of aliphatic hydroxyl groups excluding tert-OH is 1. The Hall–Kier alpha value is -1.04. The lowest BCUT2D eigenvalue weighted by atomic mass is 10.1. The molecule has 1 saturated heterocycles. The maximum atomic E-state index is 13.6. The molecule has 0 radical (unpaired) electrons. The number of hydrogen-bond acceptors (Lipinski definition) is 3. The summed E-state index contributed by atoms with van der Waals surface area (Å²) in [7, 11) is 0. The molecule has 1 aliphatic heterocycles. The molecule has 17 heavy (non-hydrogen) atoms. The maximum Gasteiger partial charge on any atom is 0.127 e. The molecule has 1 aromatic rings. The van der Waals surface area contributed by atoms with Crippen LogP contribution >= 0.6 is 12.2 Å². The second-order valence-corrected chi connectivity index (χ2v) is 4.79. The van der Waals surface area contributed by atoms with E-state index in [4.69, 9.17) is 18.0 Å². The Morgan fingerprint density at radius 2 is 2.35 bits per heavy atom. The molecule has 1 atom stereocenters. The first-order valence-electron chi connectivity index (χ1n) is 5.55. The van der Waals surface area contributed by atoms with Crippen LogP contribution in [-0.2, 0) is 6.54 Å². The van der Waals surface area contributed by atoms with Crippen LogP contribution in [0.4, 0.5) is 4.39 Å². The topological polar surface area (TPSA) is 49.5 Å². The average Bonchev–Trinajstić information content (AvgIpc) is 2.67. The number of benzene rings is 1. The zero-order chi connectivity index (χ0) is 12.4. The SMILES string of the molecule is NC(=S)c1ccc(F)c(CN2CCC(O)C2)c1. The van der Waals surface area contributed by atoms with Crippen LogP contribution in [0.15, 0.2) is 18.2 Å². The standard InChI is InChI=1S/C12H15FN2OS/c13-11-2-1-8(12(14)17)5-9(11)6-15-4-3-10(16)7-15/h1-2,5,10,16H,3-4,6-7H2,(H2,14,17). The van der Waals surface area contributed by atoms with Gasteiger partial charge in [0, 0.05) is 30.8 Å². The Morgan fingerprint density at radius 1 is 1.59 bits per heavy atom. The van der Waals surface area contributed by atoms with E-state index in [2.05, 4.69) is 0 Å². The van der Waals surface area contributed by atoms with Crippen molar-refractivity contribution in [3.05, 3.63) is 35.1 Å². The van der Waals surface area contributed by atoms with E-state index in [-0.39, 0.29) is 16.9 Å². The predicted octanol–water partition coefficient (Wildman–Crippen LogP) is 1.03. The highest BCUT2D eigenvalue weighted by Gasteiger charge is 2.21. The molecule has 1 unspecified atom stereocenters. The summed E-state index contributed by atoms with van der Waals surface area (Å²) in [5.41, 5.74) is 6.77. The summed E-state index contributed by atoms with van der Waals surface area (Å²) in [6.45, 7) is 1.87. The second kappa shape index (κ2) is 5.08. The van der Waals surface area contributed by atoms with Crippen LogP contribution < -0.4 is 5.73 Å². The Kier molecular flexibility index (Phi) is 3.71. The molecule has 2 rings (SSSR count). The lowest BCUT2D eigenvalue weighted by Gasteiger charge is -2.16. The molecule has 0 aromatic heterocycles. The van der Waals surface area contributed by atoms with E-state index >= 15 is 0 Å². The Morgan fingerprint density at radius 3 is 2.94 bits per heavy atom. The molecule has 3 nitrogen and oxygen atoms in total. The highest BCUT2D eigenvalue weighted by atomic mass is 32.1. The van der Waals surface area contributed by atoms with Gasteiger partial charge in [-0.05, 0) is 24.6 Å². The molecular weight excluding hydrogens is 239 g/mol. The summed E-state index contributed by atoms with van der Waals surface area (Å²) in [5, 5.41) is 9.41. The summed E-state index contributed by atoms with van der Waals surface area (Å²) in [6, 6.07) is 4.65. The van der Waals surface area contributed by atoms with Gasteiger partial charge in [-0.2, -0.15) is 0 Å². The van der Waals surface area contributed by atoms with Crippen LogP contribution in [0.25, 0.3) is 0 Å². The van der Waals surface area contributed by atoms with Crippen LogP contribution in [0.5, 0.6) is 0 Å². The predicted molar refractivity (Wildman–Crippen MR) is 68.2 cm³/mol. The fourth-order valence-corrected chi connectivity index (χ4v) is 2.17. The van der Waals surface area contributed by atoms with Gasteiger partial charge in [0.2, 0.25) is 0 Å². The van der Waals surface area contributed by atoms with Crippen molar-refractivity contribution in [3.8, 4) is 0 Å². The average molecular weight is 254 g/mol. The molecule has 1 aliphatic rings. The third-order valence-electron chi connectivity index (χ3n) is 2.97.